The molecule has 6 heteroatoms. The van der Waals surface area contributed by atoms with Crippen LogP contribution in [0.3, 0.4) is 0 Å². The molecule has 5 nitrogen and oxygen atoms in total. The van der Waals surface area contributed by atoms with Crippen molar-refractivity contribution in [3.8, 4) is 17.1 Å². The predicted octanol–water partition coefficient (Wildman–Crippen LogP) is 5.91. The van der Waals surface area contributed by atoms with Gasteiger partial charge in [-0.1, -0.05) is 73.3 Å². The van der Waals surface area contributed by atoms with E-state index in [1.807, 2.05) is 73.7 Å². The lowest BCUT2D eigenvalue weighted by molar-refractivity contribution is -0.113. The molecule has 3 aromatic carbocycles. The molecule has 0 aliphatic heterocycles. The van der Waals surface area contributed by atoms with Gasteiger partial charge in [0, 0.05) is 16.6 Å². The number of hydrogen-bond donors (Lipinski definition) is 1. The van der Waals surface area contributed by atoms with Gasteiger partial charge in [-0.15, -0.1) is 0 Å². The lowest BCUT2D eigenvalue weighted by Gasteiger charge is -2.14. The zero-order valence-corrected chi connectivity index (χ0v) is 19.2. The highest BCUT2D eigenvalue weighted by Crippen LogP contribution is 2.33. The van der Waals surface area contributed by atoms with Gasteiger partial charge in [0.2, 0.25) is 5.91 Å². The first-order chi connectivity index (χ1) is 15.6. The molecule has 162 valence electrons. The molecule has 1 N–H and O–H groups in total. The van der Waals surface area contributed by atoms with Crippen molar-refractivity contribution < 1.29 is 9.53 Å². The average molecular weight is 444 g/mol. The van der Waals surface area contributed by atoms with Gasteiger partial charge in [-0.2, -0.15) is 0 Å². The number of ether oxygens (including phenoxy) is 1. The Bertz CT molecular complexity index is 1260. The number of para-hydroxylation sites is 2. The Morgan fingerprint density at radius 3 is 2.53 bits per heavy atom. The molecule has 1 aromatic heterocycles. The van der Waals surface area contributed by atoms with Gasteiger partial charge in [0.1, 0.15) is 16.3 Å². The van der Waals surface area contributed by atoms with Crippen molar-refractivity contribution in [2.45, 2.75) is 25.3 Å². The summed E-state index contributed by atoms with van der Waals surface area (Å²) >= 11 is 1.41. The molecule has 32 heavy (non-hydrogen) atoms. The normalized spacial score (nSPS) is 10.8. The van der Waals surface area contributed by atoms with E-state index in [9.17, 15) is 4.79 Å². The fourth-order valence-electron chi connectivity index (χ4n) is 3.60. The number of carbonyl (C=O) groups is 1. The van der Waals surface area contributed by atoms with Crippen LogP contribution in [-0.2, 0) is 11.2 Å². The first kappa shape index (κ1) is 21.8. The van der Waals surface area contributed by atoms with E-state index in [2.05, 4.69) is 12.2 Å². The fraction of sp³-hybridized carbons (Fsp3) is 0.192. The second-order valence-electron chi connectivity index (χ2n) is 7.37. The number of methoxy groups -OCH3 is 1. The van der Waals surface area contributed by atoms with Gasteiger partial charge in [0.05, 0.1) is 12.9 Å². The molecule has 0 unspecified atom stereocenters. The Balaban J connectivity index is 1.65. The topological polar surface area (TPSA) is 64.1 Å². The van der Waals surface area contributed by atoms with Crippen LogP contribution in [0.4, 0.5) is 5.69 Å². The first-order valence-electron chi connectivity index (χ1n) is 10.5. The van der Waals surface area contributed by atoms with Crippen molar-refractivity contribution in [2.75, 3.05) is 18.2 Å². The van der Waals surface area contributed by atoms with Gasteiger partial charge in [0.25, 0.3) is 0 Å². The van der Waals surface area contributed by atoms with Gasteiger partial charge in [0.15, 0.2) is 5.82 Å². The number of rotatable bonds is 7. The molecule has 0 fully saturated rings. The Morgan fingerprint density at radius 2 is 1.78 bits per heavy atom. The third-order valence-corrected chi connectivity index (χ3v) is 6.24. The first-order valence-corrected chi connectivity index (χ1v) is 11.5. The van der Waals surface area contributed by atoms with E-state index in [1.54, 1.807) is 7.11 Å². The van der Waals surface area contributed by atoms with Crippen LogP contribution in [0.5, 0.6) is 5.75 Å². The maximum Gasteiger partial charge on any atom is 0.234 e. The summed E-state index contributed by atoms with van der Waals surface area (Å²) in [4.78, 5) is 22.4. The smallest absolute Gasteiger partial charge is 0.234 e. The summed E-state index contributed by atoms with van der Waals surface area (Å²) in [5.41, 5.74) is 4.75. The highest BCUT2D eigenvalue weighted by atomic mass is 32.2. The minimum atomic E-state index is -0.0603. The second-order valence-corrected chi connectivity index (χ2v) is 8.34. The standard InChI is InChI=1S/C26H25N3O2S/c1-4-18-13-8-10-17(2)23(18)27-22(30)16-32-26-20-14-9-15-21(31-3)24(20)28-25(29-26)19-11-6-5-7-12-19/h5-15H,4,16H2,1-3H3,(H,27,30). The zero-order valence-electron chi connectivity index (χ0n) is 18.4. The highest BCUT2D eigenvalue weighted by Gasteiger charge is 2.15. The van der Waals surface area contributed by atoms with Crippen molar-refractivity contribution in [2.24, 2.45) is 0 Å². The van der Waals surface area contributed by atoms with Crippen LogP contribution in [-0.4, -0.2) is 28.7 Å². The lowest BCUT2D eigenvalue weighted by Crippen LogP contribution is -2.16. The van der Waals surface area contributed by atoms with Crippen molar-refractivity contribution in [3.05, 3.63) is 77.9 Å². The number of hydrogen-bond acceptors (Lipinski definition) is 5. The number of nitrogens with one attached hydrogen (secondary N) is 1. The van der Waals surface area contributed by atoms with Crippen LogP contribution in [0, 0.1) is 6.92 Å². The maximum atomic E-state index is 12.8. The number of aromatic nitrogens is 2. The number of fused-ring (bicyclic) bond motifs is 1. The molecule has 4 rings (SSSR count). The van der Waals surface area contributed by atoms with Crippen LogP contribution in [0.15, 0.2) is 71.8 Å². The SMILES string of the molecule is CCc1cccc(C)c1NC(=O)CSc1nc(-c2ccccc2)nc2c(OC)cccc12. The van der Waals surface area contributed by atoms with Crippen molar-refractivity contribution in [3.63, 3.8) is 0 Å². The summed E-state index contributed by atoms with van der Waals surface area (Å²) in [7, 11) is 1.63. The molecule has 1 heterocycles. The molecule has 1 amide bonds. The number of thioether (sulfide) groups is 1. The third kappa shape index (κ3) is 4.60. The molecule has 0 spiro atoms. The highest BCUT2D eigenvalue weighted by molar-refractivity contribution is 8.00. The van der Waals surface area contributed by atoms with Gasteiger partial charge < -0.3 is 10.1 Å². The van der Waals surface area contributed by atoms with E-state index < -0.39 is 0 Å². The van der Waals surface area contributed by atoms with Crippen molar-refractivity contribution in [1.82, 2.24) is 9.97 Å². The van der Waals surface area contributed by atoms with Gasteiger partial charge in [-0.05, 0) is 36.6 Å². The molecule has 0 radical (unpaired) electrons. The zero-order chi connectivity index (χ0) is 22.5. The van der Waals surface area contributed by atoms with Crippen LogP contribution < -0.4 is 10.1 Å². The van der Waals surface area contributed by atoms with Crippen LogP contribution in [0.2, 0.25) is 0 Å². The van der Waals surface area contributed by atoms with E-state index >= 15 is 0 Å². The minimum absolute atomic E-state index is 0.0603. The Morgan fingerprint density at radius 1 is 1.00 bits per heavy atom. The minimum Gasteiger partial charge on any atom is -0.494 e. The summed E-state index contributed by atoms with van der Waals surface area (Å²) < 4.78 is 5.54. The van der Waals surface area contributed by atoms with Crippen molar-refractivity contribution >= 4 is 34.3 Å². The van der Waals surface area contributed by atoms with E-state index in [0.29, 0.717) is 11.6 Å². The lowest BCUT2D eigenvalue weighted by atomic mass is 10.1. The number of aryl methyl sites for hydroxylation is 2. The van der Waals surface area contributed by atoms with E-state index in [1.165, 1.54) is 11.8 Å². The summed E-state index contributed by atoms with van der Waals surface area (Å²) in [5.74, 6) is 1.48. The van der Waals surface area contributed by atoms with Gasteiger partial charge in [-0.25, -0.2) is 9.97 Å². The molecular weight excluding hydrogens is 418 g/mol. The third-order valence-electron chi connectivity index (χ3n) is 5.25. The van der Waals surface area contributed by atoms with Crippen molar-refractivity contribution in [1.29, 1.82) is 0 Å². The molecule has 0 aliphatic rings. The number of nitrogens with zero attached hydrogens (tertiary/aromatic N) is 2. The van der Waals surface area contributed by atoms with Crippen LogP contribution in [0.25, 0.3) is 22.3 Å². The number of amides is 1. The molecular formula is C26H25N3O2S. The Labute approximate surface area is 192 Å². The molecule has 0 atom stereocenters. The monoisotopic (exact) mass is 443 g/mol. The summed E-state index contributed by atoms with van der Waals surface area (Å²) in [6.45, 7) is 4.10. The van der Waals surface area contributed by atoms with Crippen LogP contribution in [0.1, 0.15) is 18.1 Å². The maximum absolute atomic E-state index is 12.8. The fourth-order valence-corrected chi connectivity index (χ4v) is 4.41. The number of benzene rings is 3. The molecule has 0 aliphatic carbocycles. The van der Waals surface area contributed by atoms with Gasteiger partial charge in [-0.3, -0.25) is 4.79 Å². The molecule has 0 saturated heterocycles. The second kappa shape index (κ2) is 9.83. The average Bonchev–Trinajstić information content (AvgIpc) is 2.83. The molecule has 4 aromatic rings. The largest absolute Gasteiger partial charge is 0.494 e. The summed E-state index contributed by atoms with van der Waals surface area (Å²) in [5, 5.41) is 4.71. The quantitative estimate of drug-likeness (QED) is 0.284. The van der Waals surface area contributed by atoms with Crippen LogP contribution >= 0.6 is 11.8 Å². The predicted molar refractivity (Wildman–Crippen MR) is 131 cm³/mol. The molecule has 0 bridgehead atoms. The Kier molecular flexibility index (Phi) is 6.71. The Hall–Kier alpha value is -3.38. The summed E-state index contributed by atoms with van der Waals surface area (Å²) in [6.07, 6.45) is 0.862. The number of anilines is 1. The van der Waals surface area contributed by atoms with E-state index in [0.717, 1.165) is 44.7 Å². The van der Waals surface area contributed by atoms with E-state index in [-0.39, 0.29) is 11.7 Å². The van der Waals surface area contributed by atoms with Gasteiger partial charge >= 0.3 is 0 Å². The number of carbonyl (C=O) groups excluding carboxylic acids is 1. The summed E-state index contributed by atoms with van der Waals surface area (Å²) in [6, 6.07) is 21.7. The van der Waals surface area contributed by atoms with E-state index in [4.69, 9.17) is 14.7 Å². The molecule has 0 saturated carbocycles.